The summed E-state index contributed by atoms with van der Waals surface area (Å²) in [5.41, 5.74) is 5.53. The van der Waals surface area contributed by atoms with Crippen molar-refractivity contribution in [2.45, 2.75) is 95.8 Å². The molecule has 0 bridgehead atoms. The molecule has 58 heavy (non-hydrogen) atoms. The molecule has 6 aromatic heterocycles. The average Bonchev–Trinajstić information content (AvgIpc) is 4.08. The summed E-state index contributed by atoms with van der Waals surface area (Å²) < 4.78 is 51.8. The first-order chi connectivity index (χ1) is 28.3. The van der Waals surface area contributed by atoms with Crippen molar-refractivity contribution in [2.75, 3.05) is 11.5 Å². The summed E-state index contributed by atoms with van der Waals surface area (Å²) in [4.78, 5) is 10.5. The molecule has 2 aromatic carbocycles. The molecule has 1 aliphatic heterocycles. The van der Waals surface area contributed by atoms with Crippen LogP contribution < -0.4 is 0 Å². The molecule has 0 amide bonds. The number of thiophene rings is 4. The fraction of sp³-hybridized carbons (Fsp3) is 0.378. The number of nitrogens with zero attached hydrogens (tertiary/aromatic N) is 4. The molecule has 13 heteroatoms. The zero-order valence-corrected chi connectivity index (χ0v) is 39.0. The number of unbranched alkanes of at least 4 members (excludes halogenated alkanes) is 2. The largest absolute Gasteiger partial charge is 0.206 e. The molecule has 0 fully saturated rings. The van der Waals surface area contributed by atoms with E-state index < -0.39 is 10.0 Å². The minimum atomic E-state index is -1.56. The lowest BCUT2D eigenvalue weighted by molar-refractivity contribution is 0.484. The van der Waals surface area contributed by atoms with Crippen molar-refractivity contribution >= 4 is 101 Å². The second-order valence-corrected chi connectivity index (χ2v) is 24.2. The number of benzene rings is 2. The fourth-order valence-corrected chi connectivity index (χ4v) is 20.4. The van der Waals surface area contributed by atoms with Gasteiger partial charge in [0.1, 0.15) is 33.7 Å². The van der Waals surface area contributed by atoms with Gasteiger partial charge in [-0.1, -0.05) is 72.3 Å². The number of hydrogen-bond donors (Lipinski definition) is 0. The molecule has 2 unspecified atom stereocenters. The van der Waals surface area contributed by atoms with E-state index in [2.05, 4.69) is 44.2 Å². The van der Waals surface area contributed by atoms with Crippen LogP contribution in [0.3, 0.4) is 0 Å². The lowest BCUT2D eigenvalue weighted by atomic mass is 10.0. The number of rotatable bonds is 16. The van der Waals surface area contributed by atoms with Crippen LogP contribution in [-0.4, -0.2) is 29.0 Å². The van der Waals surface area contributed by atoms with E-state index in [1.807, 2.05) is 36.6 Å². The van der Waals surface area contributed by atoms with E-state index in [0.29, 0.717) is 34.0 Å². The first-order valence-electron chi connectivity index (χ1n) is 20.4. The minimum absolute atomic E-state index is 0.256. The maximum atomic E-state index is 16.5. The maximum Gasteiger partial charge on any atom is 0.134 e. The Kier molecular flexibility index (Phi) is 11.8. The van der Waals surface area contributed by atoms with Gasteiger partial charge in [-0.05, 0) is 91.0 Å². The highest BCUT2D eigenvalue weighted by Crippen LogP contribution is 2.77. The lowest BCUT2D eigenvalue weighted by Gasteiger charge is -2.42. The van der Waals surface area contributed by atoms with E-state index in [0.717, 1.165) is 94.3 Å². The highest BCUT2D eigenvalue weighted by molar-refractivity contribution is 8.34. The van der Waals surface area contributed by atoms with Gasteiger partial charge in [-0.3, -0.25) is 0 Å². The summed E-state index contributed by atoms with van der Waals surface area (Å²) in [7, 11) is -1.56. The van der Waals surface area contributed by atoms with Crippen LogP contribution in [0.25, 0.3) is 73.6 Å². The third kappa shape index (κ3) is 7.04. The van der Waals surface area contributed by atoms with E-state index in [1.54, 1.807) is 46.1 Å². The third-order valence-electron chi connectivity index (χ3n) is 11.8. The Morgan fingerprint density at radius 1 is 0.603 bits per heavy atom. The molecular weight excluding hydrogens is 859 g/mol. The third-order valence-corrected chi connectivity index (χ3v) is 22.0. The van der Waals surface area contributed by atoms with Gasteiger partial charge in [-0.2, -0.15) is 27.5 Å². The van der Waals surface area contributed by atoms with Crippen LogP contribution >= 0.6 is 78.8 Å². The Morgan fingerprint density at radius 2 is 1.12 bits per heavy atom. The van der Waals surface area contributed by atoms with E-state index in [9.17, 15) is 0 Å². The van der Waals surface area contributed by atoms with E-state index in [-0.39, 0.29) is 11.6 Å². The number of halogens is 2. The first kappa shape index (κ1) is 40.5. The van der Waals surface area contributed by atoms with Gasteiger partial charge in [0.15, 0.2) is 0 Å². The predicted molar refractivity (Wildman–Crippen MR) is 252 cm³/mol. The quantitative estimate of drug-likeness (QED) is 0.0969. The lowest BCUT2D eigenvalue weighted by Crippen LogP contribution is -2.20. The summed E-state index contributed by atoms with van der Waals surface area (Å²) in [6, 6.07) is 16.2. The van der Waals surface area contributed by atoms with Crippen molar-refractivity contribution < 1.29 is 8.78 Å². The number of fused-ring (bicyclic) bond motifs is 5. The van der Waals surface area contributed by atoms with Gasteiger partial charge in [0.05, 0.1) is 44.3 Å². The van der Waals surface area contributed by atoms with Crippen LogP contribution in [0.4, 0.5) is 8.78 Å². The fourth-order valence-electron chi connectivity index (χ4n) is 8.71. The number of aromatic nitrogens is 4. The SMILES string of the molecule is CCCCC(CC)CS1(CC(CC)CCCC)c2cc(-c3cc(F)c(-c4cccs4)c4nsnc34)sc2-c2sc(-c3cc(F)c(-c4ccc(C)s4)c4nsnc34)cc21. The van der Waals surface area contributed by atoms with Crippen LogP contribution in [0.2, 0.25) is 0 Å². The molecule has 0 saturated heterocycles. The molecule has 0 spiro atoms. The molecule has 302 valence electrons. The van der Waals surface area contributed by atoms with Crippen LogP contribution in [0.15, 0.2) is 63.7 Å². The highest BCUT2D eigenvalue weighted by Gasteiger charge is 2.45. The monoisotopic (exact) mass is 904 g/mol. The van der Waals surface area contributed by atoms with Gasteiger partial charge < -0.3 is 0 Å². The molecular formula is C45H46F2N4S7. The maximum absolute atomic E-state index is 16.5. The number of aryl methyl sites for hydroxylation is 1. The van der Waals surface area contributed by atoms with Crippen molar-refractivity contribution in [1.29, 1.82) is 0 Å². The molecule has 2 atom stereocenters. The van der Waals surface area contributed by atoms with Crippen molar-refractivity contribution in [1.82, 2.24) is 17.5 Å². The van der Waals surface area contributed by atoms with Crippen molar-refractivity contribution in [3.63, 3.8) is 0 Å². The van der Waals surface area contributed by atoms with Gasteiger partial charge in [0.2, 0.25) is 0 Å². The second kappa shape index (κ2) is 16.9. The van der Waals surface area contributed by atoms with Gasteiger partial charge in [0, 0.05) is 45.3 Å². The molecule has 8 aromatic rings. The normalized spacial score (nSPS) is 17.2. The summed E-state index contributed by atoms with van der Waals surface area (Å²) in [6.45, 7) is 11.4. The molecule has 1 aliphatic rings. The minimum Gasteiger partial charge on any atom is -0.206 e. The predicted octanol–water partition coefficient (Wildman–Crippen LogP) is 16.8. The molecule has 0 N–H and O–H groups in total. The Morgan fingerprint density at radius 3 is 1.57 bits per heavy atom. The molecule has 0 aliphatic carbocycles. The zero-order chi connectivity index (χ0) is 40.1. The Labute approximate surface area is 365 Å². The molecule has 0 radical (unpaired) electrons. The van der Waals surface area contributed by atoms with Gasteiger partial charge in [0.25, 0.3) is 0 Å². The van der Waals surface area contributed by atoms with E-state index >= 15 is 8.78 Å². The molecule has 7 heterocycles. The van der Waals surface area contributed by atoms with Crippen LogP contribution in [0.1, 0.15) is 83.9 Å². The number of hydrogen-bond acceptors (Lipinski definition) is 10. The summed E-state index contributed by atoms with van der Waals surface area (Å²) >= 11 is 8.98. The Balaban J connectivity index is 1.26. The van der Waals surface area contributed by atoms with Crippen molar-refractivity contribution in [3.8, 4) is 51.5 Å². The highest BCUT2D eigenvalue weighted by atomic mass is 32.3. The average molecular weight is 905 g/mol. The first-order valence-corrected chi connectivity index (χ1v) is 27.1. The second-order valence-electron chi connectivity index (χ2n) is 15.5. The van der Waals surface area contributed by atoms with Crippen LogP contribution in [0, 0.1) is 30.4 Å². The van der Waals surface area contributed by atoms with Gasteiger partial charge in [-0.25, -0.2) is 8.78 Å². The zero-order valence-electron chi connectivity index (χ0n) is 33.3. The molecule has 9 rings (SSSR count). The Bertz CT molecular complexity index is 2700. The van der Waals surface area contributed by atoms with E-state index in [4.69, 9.17) is 13.1 Å². The summed E-state index contributed by atoms with van der Waals surface area (Å²) in [6.07, 6.45) is 9.52. The molecule has 0 saturated carbocycles. The summed E-state index contributed by atoms with van der Waals surface area (Å²) in [5, 5.41) is 1.98. The molecule has 4 nitrogen and oxygen atoms in total. The van der Waals surface area contributed by atoms with Crippen LogP contribution in [-0.2, 0) is 0 Å². The van der Waals surface area contributed by atoms with Gasteiger partial charge in [-0.15, -0.1) is 45.3 Å². The Hall–Kier alpha value is -2.91. The van der Waals surface area contributed by atoms with Crippen molar-refractivity contribution in [2.24, 2.45) is 11.8 Å². The summed E-state index contributed by atoms with van der Waals surface area (Å²) in [5.74, 6) is 2.92. The standard InChI is InChI=1S/C45H46F2N4S7/c1-6-10-13-26(8-3)23-58(24-27(9-4)14-11-7-2)36-21-34(28-19-30(46)38(32-15-12-18-52-32)42-40(28)48-56-50-42)54-44(36)45-37(58)22-35(55-45)29-20-31(47)39(33-17-16-25(5)53-33)43-41(29)49-57-51-43/h12,15-22,26-27H,6-11,13-14,23-24H2,1-5H3. The van der Waals surface area contributed by atoms with Crippen molar-refractivity contribution in [3.05, 3.63) is 70.4 Å². The van der Waals surface area contributed by atoms with Gasteiger partial charge >= 0.3 is 0 Å². The smallest absolute Gasteiger partial charge is 0.134 e. The van der Waals surface area contributed by atoms with E-state index in [1.165, 1.54) is 69.4 Å². The topological polar surface area (TPSA) is 51.6 Å². The van der Waals surface area contributed by atoms with Crippen LogP contribution in [0.5, 0.6) is 0 Å².